The van der Waals surface area contributed by atoms with E-state index in [-0.39, 0.29) is 5.79 Å². The molecule has 0 heterocycles. The van der Waals surface area contributed by atoms with E-state index in [1.807, 2.05) is 14.2 Å². The number of aliphatic carboxylic acids is 1. The number of carbonyl (C=O) groups is 1. The molecule has 8 atom stereocenters. The second kappa shape index (κ2) is 8.63. The van der Waals surface area contributed by atoms with Crippen molar-refractivity contribution >= 4 is 5.97 Å². The number of hydrogen-bond donors (Lipinski definition) is 1. The molecule has 0 amide bonds. The summed E-state index contributed by atoms with van der Waals surface area (Å²) in [5, 5.41) is 9.03. The lowest BCUT2D eigenvalue weighted by atomic mass is 9.44. The molecule has 0 spiro atoms. The quantitative estimate of drug-likeness (QED) is 0.463. The number of carboxylic acids is 1. The summed E-state index contributed by atoms with van der Waals surface area (Å²) in [6.07, 6.45) is 13.8. The van der Waals surface area contributed by atoms with Gasteiger partial charge < -0.3 is 14.6 Å². The summed E-state index contributed by atoms with van der Waals surface area (Å²) in [4.78, 5) is 11.0. The van der Waals surface area contributed by atoms with E-state index < -0.39 is 5.97 Å². The van der Waals surface area contributed by atoms with Gasteiger partial charge in [-0.1, -0.05) is 20.8 Å². The summed E-state index contributed by atoms with van der Waals surface area (Å²) in [7, 11) is 3.64. The van der Waals surface area contributed by atoms with Crippen LogP contribution in [0.25, 0.3) is 0 Å². The molecule has 0 aromatic heterocycles. The molecule has 4 heteroatoms. The van der Waals surface area contributed by atoms with Crippen molar-refractivity contribution in [1.29, 1.82) is 0 Å². The first-order valence-electron chi connectivity index (χ1n) is 13.0. The average Bonchev–Trinajstić information content (AvgIpc) is 3.10. The molecule has 0 aliphatic heterocycles. The topological polar surface area (TPSA) is 55.8 Å². The van der Waals surface area contributed by atoms with Crippen molar-refractivity contribution in [3.8, 4) is 0 Å². The van der Waals surface area contributed by atoms with Crippen LogP contribution in [0, 0.1) is 46.3 Å². The van der Waals surface area contributed by atoms with Crippen LogP contribution in [0.3, 0.4) is 0 Å². The van der Waals surface area contributed by atoms with Crippen LogP contribution in [0.1, 0.15) is 97.8 Å². The molecule has 4 rings (SSSR count). The maximum absolute atomic E-state index is 11.0. The molecule has 0 aromatic rings. The monoisotopic (exact) mass is 434 g/mol. The maximum Gasteiger partial charge on any atom is 0.303 e. The largest absolute Gasteiger partial charge is 0.481 e. The highest BCUT2D eigenvalue weighted by Gasteiger charge is 2.61. The van der Waals surface area contributed by atoms with E-state index in [0.717, 1.165) is 55.3 Å². The first kappa shape index (κ1) is 23.5. The summed E-state index contributed by atoms with van der Waals surface area (Å²) in [6.45, 7) is 7.61. The van der Waals surface area contributed by atoms with Crippen molar-refractivity contribution in [3.63, 3.8) is 0 Å². The number of methoxy groups -OCH3 is 2. The van der Waals surface area contributed by atoms with E-state index in [1.54, 1.807) is 0 Å². The Morgan fingerprint density at radius 1 is 0.968 bits per heavy atom. The summed E-state index contributed by atoms with van der Waals surface area (Å²) in [6, 6.07) is 0. The molecule has 4 saturated carbocycles. The first-order chi connectivity index (χ1) is 14.7. The van der Waals surface area contributed by atoms with Gasteiger partial charge in [0.05, 0.1) is 0 Å². The molecule has 0 radical (unpaired) electrons. The number of ether oxygens (including phenoxy) is 2. The summed E-state index contributed by atoms with van der Waals surface area (Å²) >= 11 is 0. The smallest absolute Gasteiger partial charge is 0.303 e. The van der Waals surface area contributed by atoms with Crippen LogP contribution >= 0.6 is 0 Å². The summed E-state index contributed by atoms with van der Waals surface area (Å²) in [5.74, 6) is 3.75. The molecule has 178 valence electrons. The molecular weight excluding hydrogens is 388 g/mol. The SMILES string of the molecule is COC1(OC)CC[C@@]2(C)[C@H](CC[C@@H]3[C@@H]2CC[C@]2(C)[C@@H]([C@H](C)CCCC(=O)O)CC[C@@H]32)C1. The fourth-order valence-corrected chi connectivity index (χ4v) is 9.40. The fourth-order valence-electron chi connectivity index (χ4n) is 9.40. The van der Waals surface area contributed by atoms with Gasteiger partial charge in [0.1, 0.15) is 0 Å². The highest BCUT2D eigenvalue weighted by molar-refractivity contribution is 5.66. The van der Waals surface area contributed by atoms with Gasteiger partial charge in [-0.2, -0.15) is 0 Å². The minimum Gasteiger partial charge on any atom is -0.481 e. The molecule has 4 aliphatic rings. The minimum atomic E-state index is -0.647. The van der Waals surface area contributed by atoms with E-state index in [9.17, 15) is 4.79 Å². The number of fused-ring (bicyclic) bond motifs is 5. The molecule has 1 N–H and O–H groups in total. The van der Waals surface area contributed by atoms with Crippen molar-refractivity contribution in [2.75, 3.05) is 14.2 Å². The van der Waals surface area contributed by atoms with Crippen LogP contribution in [-0.4, -0.2) is 31.1 Å². The highest BCUT2D eigenvalue weighted by Crippen LogP contribution is 2.69. The lowest BCUT2D eigenvalue weighted by Gasteiger charge is -2.62. The van der Waals surface area contributed by atoms with Crippen molar-refractivity contribution in [2.45, 2.75) is 104 Å². The zero-order valence-electron chi connectivity index (χ0n) is 20.6. The number of rotatable bonds is 7. The van der Waals surface area contributed by atoms with E-state index >= 15 is 0 Å². The van der Waals surface area contributed by atoms with Gasteiger partial charge in [0.25, 0.3) is 0 Å². The molecule has 4 nitrogen and oxygen atoms in total. The number of carboxylic acid groups (broad SMARTS) is 1. The number of hydrogen-bond acceptors (Lipinski definition) is 3. The summed E-state index contributed by atoms with van der Waals surface area (Å²) in [5.41, 5.74) is 0.903. The van der Waals surface area contributed by atoms with E-state index in [4.69, 9.17) is 14.6 Å². The Morgan fingerprint density at radius 2 is 1.68 bits per heavy atom. The van der Waals surface area contributed by atoms with Gasteiger partial charge in [-0.25, -0.2) is 0 Å². The standard InChI is InChI=1S/C27H46O4/c1-18(7-6-8-24(28)29)21-11-12-22-20-10-9-19-17-27(30-4,31-5)16-15-25(19,2)23(20)13-14-26(21,22)3/h18-23H,6-17H2,1-5H3,(H,28,29)/t18-,19-,20+,21-,22+,23+,25+,26-/m1/s1. The second-order valence-corrected chi connectivity index (χ2v) is 12.2. The van der Waals surface area contributed by atoms with Crippen molar-refractivity contribution in [2.24, 2.45) is 46.3 Å². The fraction of sp³-hybridized carbons (Fsp3) is 0.963. The third kappa shape index (κ3) is 3.88. The van der Waals surface area contributed by atoms with Gasteiger partial charge >= 0.3 is 5.97 Å². The Labute approximate surface area is 189 Å². The Hall–Kier alpha value is -0.610. The maximum atomic E-state index is 11.0. The van der Waals surface area contributed by atoms with Gasteiger partial charge in [0.2, 0.25) is 0 Å². The first-order valence-corrected chi connectivity index (χ1v) is 13.0. The van der Waals surface area contributed by atoms with E-state index in [0.29, 0.717) is 23.2 Å². The van der Waals surface area contributed by atoms with Crippen LogP contribution in [0.4, 0.5) is 0 Å². The van der Waals surface area contributed by atoms with Crippen LogP contribution in [0.5, 0.6) is 0 Å². The predicted molar refractivity (Wildman–Crippen MR) is 123 cm³/mol. The molecule has 4 aliphatic carbocycles. The Kier molecular flexibility index (Phi) is 6.55. The van der Waals surface area contributed by atoms with Crippen molar-refractivity contribution < 1.29 is 19.4 Å². The van der Waals surface area contributed by atoms with Crippen LogP contribution in [0.15, 0.2) is 0 Å². The van der Waals surface area contributed by atoms with Gasteiger partial charge in [-0.15, -0.1) is 0 Å². The van der Waals surface area contributed by atoms with Crippen LogP contribution < -0.4 is 0 Å². The lowest BCUT2D eigenvalue weighted by molar-refractivity contribution is -0.261. The molecular formula is C27H46O4. The highest BCUT2D eigenvalue weighted by atomic mass is 16.7. The van der Waals surface area contributed by atoms with Gasteiger partial charge in [0.15, 0.2) is 5.79 Å². The normalized spacial score (nSPS) is 44.7. The van der Waals surface area contributed by atoms with Crippen molar-refractivity contribution in [1.82, 2.24) is 0 Å². The average molecular weight is 435 g/mol. The minimum absolute atomic E-state index is 0.325. The predicted octanol–water partition coefficient (Wildman–Crippen LogP) is 6.53. The molecule has 4 fully saturated rings. The third-order valence-corrected chi connectivity index (χ3v) is 11.2. The van der Waals surface area contributed by atoms with E-state index in [1.165, 1.54) is 44.9 Å². The molecule has 0 aromatic carbocycles. The van der Waals surface area contributed by atoms with Gasteiger partial charge in [0, 0.05) is 33.5 Å². The zero-order chi connectivity index (χ0) is 22.4. The van der Waals surface area contributed by atoms with Crippen molar-refractivity contribution in [3.05, 3.63) is 0 Å². The molecule has 31 heavy (non-hydrogen) atoms. The van der Waals surface area contributed by atoms with Gasteiger partial charge in [-0.3, -0.25) is 4.79 Å². The third-order valence-electron chi connectivity index (χ3n) is 11.2. The van der Waals surface area contributed by atoms with Crippen LogP contribution in [0.2, 0.25) is 0 Å². The molecule has 0 bridgehead atoms. The zero-order valence-corrected chi connectivity index (χ0v) is 20.6. The Morgan fingerprint density at radius 3 is 2.35 bits per heavy atom. The summed E-state index contributed by atoms with van der Waals surface area (Å²) < 4.78 is 11.7. The van der Waals surface area contributed by atoms with E-state index in [2.05, 4.69) is 20.8 Å². The molecule has 0 unspecified atom stereocenters. The lowest BCUT2D eigenvalue weighted by Crippen LogP contribution is -2.56. The Balaban J connectivity index is 1.47. The molecule has 0 saturated heterocycles. The van der Waals surface area contributed by atoms with Gasteiger partial charge in [-0.05, 0) is 104 Å². The van der Waals surface area contributed by atoms with Crippen LogP contribution in [-0.2, 0) is 14.3 Å². The Bertz CT molecular complexity index is 658. The second-order valence-electron chi connectivity index (χ2n) is 12.2.